The quantitative estimate of drug-likeness (QED) is 0.710. The number of anilines is 1. The molecule has 0 aliphatic carbocycles. The van der Waals surface area contributed by atoms with Crippen LogP contribution in [0.15, 0.2) is 47.1 Å². The topological polar surface area (TPSA) is 32.9 Å². The van der Waals surface area contributed by atoms with Gasteiger partial charge in [0.1, 0.15) is 5.76 Å². The van der Waals surface area contributed by atoms with Crippen molar-refractivity contribution < 1.29 is 22.5 Å². The molecule has 29 heavy (non-hydrogen) atoms. The Labute approximate surface area is 174 Å². The van der Waals surface area contributed by atoms with E-state index in [1.54, 1.807) is 17.2 Å². The van der Waals surface area contributed by atoms with Crippen LogP contribution < -0.4 is 10.2 Å². The number of halogens is 3. The molecule has 0 amide bonds. The minimum absolute atomic E-state index is 0.216. The lowest BCUT2D eigenvalue weighted by atomic mass is 10.0. The van der Waals surface area contributed by atoms with Crippen LogP contribution in [0.2, 0.25) is 0 Å². The highest BCUT2D eigenvalue weighted by molar-refractivity contribution is 7.80. The van der Waals surface area contributed by atoms with E-state index in [9.17, 15) is 13.2 Å². The van der Waals surface area contributed by atoms with Gasteiger partial charge in [-0.3, -0.25) is 0 Å². The first-order valence-corrected chi connectivity index (χ1v) is 10.3. The number of nitrogens with one attached hydrogen (secondary N) is 2. The van der Waals surface area contributed by atoms with Crippen LogP contribution in [0.5, 0.6) is 0 Å². The minimum Gasteiger partial charge on any atom is -0.467 e. The summed E-state index contributed by atoms with van der Waals surface area (Å²) >= 11 is 5.61. The van der Waals surface area contributed by atoms with E-state index < -0.39 is 11.7 Å². The van der Waals surface area contributed by atoms with Gasteiger partial charge in [-0.05, 0) is 56.4 Å². The molecule has 2 heterocycles. The Morgan fingerprint density at radius 1 is 1.24 bits per heavy atom. The monoisotopic (exact) mass is 426 g/mol. The largest absolute Gasteiger partial charge is 0.467 e. The summed E-state index contributed by atoms with van der Waals surface area (Å²) in [4.78, 5) is 3.61. The van der Waals surface area contributed by atoms with Gasteiger partial charge in [-0.2, -0.15) is 13.2 Å². The van der Waals surface area contributed by atoms with Crippen molar-refractivity contribution in [3.8, 4) is 0 Å². The normalized spacial score (nSPS) is 19.9. The first-order valence-electron chi connectivity index (χ1n) is 9.86. The number of hydrogen-bond acceptors (Lipinski definition) is 2. The molecule has 1 aromatic carbocycles. The van der Waals surface area contributed by atoms with Crippen molar-refractivity contribution in [2.45, 2.75) is 51.5 Å². The first kappa shape index (κ1) is 21.6. The van der Waals surface area contributed by atoms with Gasteiger partial charge in [0.15, 0.2) is 5.11 Å². The van der Waals surface area contributed by atoms with E-state index in [1.165, 1.54) is 6.07 Å². The summed E-state index contributed by atoms with van der Waals surface area (Å²) in [6, 6.07) is 9.62. The Morgan fingerprint density at radius 2 is 1.97 bits per heavy atom. The molecule has 2 aromatic rings. The van der Waals surface area contributed by atoms with Crippen molar-refractivity contribution in [2.24, 2.45) is 0 Å². The van der Waals surface area contributed by atoms with E-state index in [4.69, 9.17) is 16.6 Å². The molecule has 0 unspecified atom stereocenters. The molecule has 0 spiro atoms. The highest BCUT2D eigenvalue weighted by Gasteiger charge is 2.32. The van der Waals surface area contributed by atoms with Crippen LogP contribution in [0.25, 0.3) is 0 Å². The maximum Gasteiger partial charge on any atom is 0.416 e. The highest BCUT2D eigenvalue weighted by Crippen LogP contribution is 2.31. The molecular formula is C21H27F3N3OS+. The molecule has 1 aliphatic heterocycles. The van der Waals surface area contributed by atoms with Crippen molar-refractivity contribution in [3.05, 3.63) is 54.0 Å². The molecule has 158 valence electrons. The molecule has 1 fully saturated rings. The van der Waals surface area contributed by atoms with Gasteiger partial charge in [0.05, 0.1) is 37.5 Å². The molecule has 4 nitrogen and oxygen atoms in total. The second kappa shape index (κ2) is 9.17. The van der Waals surface area contributed by atoms with Gasteiger partial charge in [0.2, 0.25) is 0 Å². The fraction of sp³-hybridized carbons (Fsp3) is 0.476. The SMILES string of the molecule is CC(C)[NH+]1CCC(N(Cc2ccco2)C(=S)Nc2cccc(C(F)(F)F)c2)CC1. The number of quaternary nitrogens is 1. The van der Waals surface area contributed by atoms with Gasteiger partial charge < -0.3 is 19.5 Å². The lowest BCUT2D eigenvalue weighted by molar-refractivity contribution is -0.926. The number of alkyl halides is 3. The smallest absolute Gasteiger partial charge is 0.416 e. The number of nitrogens with zero attached hydrogens (tertiary/aromatic N) is 1. The number of thiocarbonyl (C=S) groups is 1. The molecule has 8 heteroatoms. The van der Waals surface area contributed by atoms with Gasteiger partial charge in [-0.15, -0.1) is 0 Å². The standard InChI is InChI=1S/C21H26F3N3OS/c1-15(2)26-10-8-18(9-11-26)27(14-19-7-4-12-28-19)20(29)25-17-6-3-5-16(13-17)21(22,23)24/h3-7,12-13,15,18H,8-11,14H2,1-2H3,(H,25,29)/p+1. The summed E-state index contributed by atoms with van der Waals surface area (Å²) in [5.74, 6) is 0.775. The van der Waals surface area contributed by atoms with E-state index >= 15 is 0 Å². The fourth-order valence-electron chi connectivity index (χ4n) is 3.77. The predicted molar refractivity (Wildman–Crippen MR) is 111 cm³/mol. The summed E-state index contributed by atoms with van der Waals surface area (Å²) in [6.07, 6.45) is -0.834. The second-order valence-electron chi connectivity index (χ2n) is 7.76. The summed E-state index contributed by atoms with van der Waals surface area (Å²) in [5.41, 5.74) is -0.365. The third kappa shape index (κ3) is 5.73. The van der Waals surface area contributed by atoms with E-state index in [2.05, 4.69) is 19.2 Å². The van der Waals surface area contributed by atoms with Crippen LogP contribution in [0.4, 0.5) is 18.9 Å². The summed E-state index contributed by atoms with van der Waals surface area (Å²) in [7, 11) is 0. The average molecular weight is 427 g/mol. The zero-order valence-corrected chi connectivity index (χ0v) is 17.4. The van der Waals surface area contributed by atoms with Gasteiger partial charge in [-0.1, -0.05) is 6.07 Å². The molecule has 0 radical (unpaired) electrons. The number of benzene rings is 1. The molecule has 0 saturated carbocycles. The van der Waals surface area contributed by atoms with Crippen LogP contribution in [0.1, 0.15) is 38.0 Å². The summed E-state index contributed by atoms with van der Waals surface area (Å²) in [6.45, 7) is 7.01. The van der Waals surface area contributed by atoms with E-state index in [0.717, 1.165) is 43.8 Å². The second-order valence-corrected chi connectivity index (χ2v) is 8.15. The molecular weight excluding hydrogens is 399 g/mol. The molecule has 2 N–H and O–H groups in total. The third-order valence-electron chi connectivity index (χ3n) is 5.46. The summed E-state index contributed by atoms with van der Waals surface area (Å²) in [5, 5.41) is 3.42. The van der Waals surface area contributed by atoms with Crippen molar-refractivity contribution >= 4 is 23.0 Å². The highest BCUT2D eigenvalue weighted by atomic mass is 32.1. The predicted octanol–water partition coefficient (Wildman–Crippen LogP) is 3.95. The average Bonchev–Trinajstić information content (AvgIpc) is 3.19. The van der Waals surface area contributed by atoms with Crippen LogP contribution in [-0.4, -0.2) is 35.2 Å². The van der Waals surface area contributed by atoms with Gasteiger partial charge in [-0.25, -0.2) is 0 Å². The lowest BCUT2D eigenvalue weighted by Crippen LogP contribution is -3.16. The molecule has 1 saturated heterocycles. The number of rotatable bonds is 5. The molecule has 1 aromatic heterocycles. The maximum atomic E-state index is 13.0. The Morgan fingerprint density at radius 3 is 2.55 bits per heavy atom. The zero-order chi connectivity index (χ0) is 21.0. The van der Waals surface area contributed by atoms with Gasteiger partial charge >= 0.3 is 6.18 Å². The number of likely N-dealkylation sites (tertiary alicyclic amines) is 1. The first-order chi connectivity index (χ1) is 13.7. The Kier molecular flexibility index (Phi) is 6.85. The lowest BCUT2D eigenvalue weighted by Gasteiger charge is -2.39. The third-order valence-corrected chi connectivity index (χ3v) is 5.80. The minimum atomic E-state index is -4.39. The van der Waals surface area contributed by atoms with Crippen LogP contribution in [0, 0.1) is 0 Å². The van der Waals surface area contributed by atoms with Crippen LogP contribution in [-0.2, 0) is 12.7 Å². The van der Waals surface area contributed by atoms with Crippen molar-refractivity contribution in [1.29, 1.82) is 0 Å². The molecule has 3 rings (SSSR count). The van der Waals surface area contributed by atoms with Crippen LogP contribution in [0.3, 0.4) is 0 Å². The van der Waals surface area contributed by atoms with Crippen molar-refractivity contribution in [3.63, 3.8) is 0 Å². The number of piperidine rings is 1. The van der Waals surface area contributed by atoms with E-state index in [0.29, 0.717) is 23.4 Å². The fourth-order valence-corrected chi connectivity index (χ4v) is 4.10. The van der Waals surface area contributed by atoms with Crippen molar-refractivity contribution in [2.75, 3.05) is 18.4 Å². The van der Waals surface area contributed by atoms with E-state index in [1.807, 2.05) is 17.0 Å². The van der Waals surface area contributed by atoms with Crippen molar-refractivity contribution in [1.82, 2.24) is 4.90 Å². The van der Waals surface area contributed by atoms with Gasteiger partial charge in [0, 0.05) is 24.6 Å². The number of furan rings is 1. The molecule has 0 bridgehead atoms. The van der Waals surface area contributed by atoms with Gasteiger partial charge in [0.25, 0.3) is 0 Å². The zero-order valence-electron chi connectivity index (χ0n) is 16.6. The Balaban J connectivity index is 1.74. The molecule has 1 aliphatic rings. The molecule has 0 atom stereocenters. The van der Waals surface area contributed by atoms with Crippen LogP contribution >= 0.6 is 12.2 Å². The Hall–Kier alpha value is -2.06. The maximum absolute atomic E-state index is 13.0. The van der Waals surface area contributed by atoms with E-state index in [-0.39, 0.29) is 6.04 Å². The Bertz CT molecular complexity index is 800. The summed E-state index contributed by atoms with van der Waals surface area (Å²) < 4.78 is 44.6. The number of hydrogen-bond donors (Lipinski definition) is 2.